The minimum atomic E-state index is 0.0565. The van der Waals surface area contributed by atoms with Crippen LogP contribution in [0.1, 0.15) is 18.4 Å². The van der Waals surface area contributed by atoms with Crippen molar-refractivity contribution in [2.75, 3.05) is 13.1 Å². The van der Waals surface area contributed by atoms with Crippen molar-refractivity contribution >= 4 is 11.8 Å². The highest BCUT2D eigenvalue weighted by Crippen LogP contribution is 2.32. The first-order valence-corrected chi connectivity index (χ1v) is 9.25. The molecule has 0 unspecified atom stereocenters. The van der Waals surface area contributed by atoms with Crippen molar-refractivity contribution in [3.63, 3.8) is 0 Å². The van der Waals surface area contributed by atoms with Gasteiger partial charge in [-0.3, -0.25) is 4.90 Å². The Morgan fingerprint density at radius 1 is 1.00 bits per heavy atom. The predicted molar refractivity (Wildman–Crippen MR) is 100.0 cm³/mol. The van der Waals surface area contributed by atoms with Gasteiger partial charge in [-0.05, 0) is 49.2 Å². The van der Waals surface area contributed by atoms with Gasteiger partial charge in [-0.25, -0.2) is 0 Å². The molecule has 0 saturated carbocycles. The van der Waals surface area contributed by atoms with Crippen molar-refractivity contribution < 1.29 is 0 Å². The Morgan fingerprint density at radius 3 is 2.38 bits per heavy atom. The van der Waals surface area contributed by atoms with Gasteiger partial charge in [0, 0.05) is 21.6 Å². The molecule has 2 aromatic rings. The summed E-state index contributed by atoms with van der Waals surface area (Å²) in [6.07, 6.45) is 1.96. The summed E-state index contributed by atoms with van der Waals surface area (Å²) in [5.74, 6) is 0. The fourth-order valence-electron chi connectivity index (χ4n) is 3.12. The number of likely N-dealkylation sites (tertiary alicyclic amines) is 1. The topological polar surface area (TPSA) is 52.0 Å². The largest absolute Gasteiger partial charge is 0.299 e. The second-order valence-electron chi connectivity index (χ2n) is 6.08. The lowest BCUT2D eigenvalue weighted by Gasteiger charge is -2.20. The van der Waals surface area contributed by atoms with Crippen LogP contribution in [0, 0.1) is 0 Å². The van der Waals surface area contributed by atoms with Crippen LogP contribution in [0.5, 0.6) is 0 Å². The highest BCUT2D eigenvalue weighted by Gasteiger charge is 2.26. The molecule has 124 valence electrons. The summed E-state index contributed by atoms with van der Waals surface area (Å²) in [6.45, 7) is 2.98. The van der Waals surface area contributed by atoms with E-state index in [1.807, 2.05) is 17.8 Å². The molecule has 0 radical (unpaired) electrons. The Kier molecular flexibility index (Phi) is 6.19. The molecule has 0 spiro atoms. The number of benzene rings is 2. The van der Waals surface area contributed by atoms with E-state index in [2.05, 4.69) is 69.5 Å². The SMILES string of the molecule is [N-]=[N+]=N[C@H]1CCN(Cc2ccccc2)CC[C@H]1Sc1ccccc1. The molecule has 0 amide bonds. The molecule has 1 saturated heterocycles. The Hall–Kier alpha value is -1.94. The van der Waals surface area contributed by atoms with Gasteiger partial charge in [-0.2, -0.15) is 0 Å². The van der Waals surface area contributed by atoms with E-state index in [1.54, 1.807) is 0 Å². The third-order valence-electron chi connectivity index (χ3n) is 4.38. The quantitative estimate of drug-likeness (QED) is 0.431. The Balaban J connectivity index is 1.67. The van der Waals surface area contributed by atoms with Gasteiger partial charge in [0.15, 0.2) is 0 Å². The number of nitrogens with zero attached hydrogens (tertiary/aromatic N) is 4. The van der Waals surface area contributed by atoms with Crippen molar-refractivity contribution in [1.29, 1.82) is 0 Å². The molecule has 2 aromatic carbocycles. The van der Waals surface area contributed by atoms with Gasteiger partial charge in [0.05, 0.1) is 6.04 Å². The van der Waals surface area contributed by atoms with E-state index in [4.69, 9.17) is 5.53 Å². The number of thioether (sulfide) groups is 1. The van der Waals surface area contributed by atoms with Crippen molar-refractivity contribution in [2.24, 2.45) is 5.11 Å². The van der Waals surface area contributed by atoms with Gasteiger partial charge in [0.2, 0.25) is 0 Å². The fraction of sp³-hybridized carbons (Fsp3) is 0.368. The number of hydrogen-bond acceptors (Lipinski definition) is 3. The normalized spacial score (nSPS) is 21.7. The number of rotatable bonds is 5. The molecule has 0 aromatic heterocycles. The molecule has 2 atom stereocenters. The standard InChI is InChI=1S/C19H22N4S/c20-22-21-18-11-13-23(15-16-7-3-1-4-8-16)14-12-19(18)24-17-9-5-2-6-10-17/h1-10,18-19H,11-15H2/t18-,19+/m0/s1. The lowest BCUT2D eigenvalue weighted by atomic mass is 10.1. The van der Waals surface area contributed by atoms with E-state index in [-0.39, 0.29) is 6.04 Å². The molecule has 0 bridgehead atoms. The lowest BCUT2D eigenvalue weighted by Crippen LogP contribution is -2.24. The van der Waals surface area contributed by atoms with Crippen LogP contribution in [0.3, 0.4) is 0 Å². The summed E-state index contributed by atoms with van der Waals surface area (Å²) >= 11 is 1.84. The minimum absolute atomic E-state index is 0.0565. The number of hydrogen-bond donors (Lipinski definition) is 0. The van der Waals surface area contributed by atoms with Gasteiger partial charge in [0.1, 0.15) is 0 Å². The van der Waals surface area contributed by atoms with Gasteiger partial charge >= 0.3 is 0 Å². The molecule has 1 aliphatic heterocycles. The van der Waals surface area contributed by atoms with Crippen molar-refractivity contribution in [1.82, 2.24) is 4.90 Å². The Bertz CT molecular complexity index is 670. The molecule has 1 fully saturated rings. The van der Waals surface area contributed by atoms with E-state index in [0.29, 0.717) is 5.25 Å². The van der Waals surface area contributed by atoms with E-state index in [0.717, 1.165) is 32.5 Å². The zero-order valence-electron chi connectivity index (χ0n) is 13.7. The monoisotopic (exact) mass is 338 g/mol. The molecule has 1 aliphatic rings. The first kappa shape index (κ1) is 16.9. The summed E-state index contributed by atoms with van der Waals surface area (Å²) in [5, 5.41) is 4.43. The zero-order valence-corrected chi connectivity index (χ0v) is 14.5. The van der Waals surface area contributed by atoms with Crippen LogP contribution in [0.25, 0.3) is 10.4 Å². The molecular weight excluding hydrogens is 316 g/mol. The van der Waals surface area contributed by atoms with Crippen LogP contribution < -0.4 is 0 Å². The third kappa shape index (κ3) is 4.78. The predicted octanol–water partition coefficient (Wildman–Crippen LogP) is 5.12. The second-order valence-corrected chi connectivity index (χ2v) is 7.39. The van der Waals surface area contributed by atoms with E-state index < -0.39 is 0 Å². The summed E-state index contributed by atoms with van der Waals surface area (Å²) in [4.78, 5) is 6.82. The van der Waals surface area contributed by atoms with Crippen LogP contribution in [0.15, 0.2) is 70.7 Å². The average molecular weight is 338 g/mol. The van der Waals surface area contributed by atoms with Crippen LogP contribution >= 0.6 is 11.8 Å². The third-order valence-corrected chi connectivity index (χ3v) is 5.78. The molecular formula is C19H22N4S. The highest BCUT2D eigenvalue weighted by molar-refractivity contribution is 8.00. The van der Waals surface area contributed by atoms with Crippen molar-refractivity contribution in [3.8, 4) is 0 Å². The number of azide groups is 1. The van der Waals surface area contributed by atoms with Crippen LogP contribution in [-0.2, 0) is 6.54 Å². The summed E-state index contributed by atoms with van der Waals surface area (Å²) < 4.78 is 0. The maximum atomic E-state index is 8.93. The summed E-state index contributed by atoms with van der Waals surface area (Å²) in [7, 11) is 0. The van der Waals surface area contributed by atoms with Crippen LogP contribution in [-0.4, -0.2) is 29.3 Å². The molecule has 5 heteroatoms. The maximum Gasteiger partial charge on any atom is 0.0508 e. The molecule has 24 heavy (non-hydrogen) atoms. The molecule has 0 aliphatic carbocycles. The first-order valence-electron chi connectivity index (χ1n) is 8.37. The van der Waals surface area contributed by atoms with Crippen LogP contribution in [0.2, 0.25) is 0 Å². The van der Waals surface area contributed by atoms with Crippen molar-refractivity contribution in [2.45, 2.75) is 35.6 Å². The minimum Gasteiger partial charge on any atom is -0.299 e. The van der Waals surface area contributed by atoms with E-state index in [9.17, 15) is 0 Å². The van der Waals surface area contributed by atoms with E-state index >= 15 is 0 Å². The molecule has 0 N–H and O–H groups in total. The highest BCUT2D eigenvalue weighted by atomic mass is 32.2. The second kappa shape index (κ2) is 8.78. The first-order chi connectivity index (χ1) is 11.8. The van der Waals surface area contributed by atoms with Gasteiger partial charge in [-0.1, -0.05) is 53.6 Å². The Labute approximate surface area is 147 Å². The van der Waals surface area contributed by atoms with Gasteiger partial charge in [0.25, 0.3) is 0 Å². The Morgan fingerprint density at radius 2 is 1.67 bits per heavy atom. The molecule has 1 heterocycles. The molecule has 4 nitrogen and oxygen atoms in total. The summed E-state index contributed by atoms with van der Waals surface area (Å²) in [5.41, 5.74) is 10.3. The van der Waals surface area contributed by atoms with Crippen LogP contribution in [0.4, 0.5) is 0 Å². The molecule has 3 rings (SSSR count). The zero-order chi connectivity index (χ0) is 16.6. The van der Waals surface area contributed by atoms with Gasteiger partial charge < -0.3 is 0 Å². The smallest absolute Gasteiger partial charge is 0.0508 e. The van der Waals surface area contributed by atoms with Crippen molar-refractivity contribution in [3.05, 3.63) is 76.7 Å². The average Bonchev–Trinajstić information content (AvgIpc) is 2.80. The van der Waals surface area contributed by atoms with Gasteiger partial charge in [-0.15, -0.1) is 11.8 Å². The fourth-order valence-corrected chi connectivity index (χ4v) is 4.36. The maximum absolute atomic E-state index is 8.93. The lowest BCUT2D eigenvalue weighted by molar-refractivity contribution is 0.276. The van der Waals surface area contributed by atoms with E-state index in [1.165, 1.54) is 10.5 Å². The summed E-state index contributed by atoms with van der Waals surface area (Å²) in [6, 6.07) is 21.0.